The Balaban J connectivity index is 0.000000236. The summed E-state index contributed by atoms with van der Waals surface area (Å²) in [6.45, 7) is 15.7. The van der Waals surface area contributed by atoms with Crippen LogP contribution in [0.25, 0.3) is 22.3 Å². The summed E-state index contributed by atoms with van der Waals surface area (Å²) < 4.78 is 24.4. The number of ether oxygens (including phenoxy) is 4. The fraction of sp³-hybridized carbons (Fsp3) is 0.500. The molecule has 0 saturated carbocycles. The Morgan fingerprint density at radius 2 is 1.28 bits per heavy atom. The van der Waals surface area contributed by atoms with Crippen molar-refractivity contribution in [3.8, 4) is 0 Å². The minimum atomic E-state index is -1.15. The van der Waals surface area contributed by atoms with Crippen molar-refractivity contribution in [1.82, 2.24) is 29.1 Å². The smallest absolute Gasteiger partial charge is 0.340 e. The van der Waals surface area contributed by atoms with E-state index in [4.69, 9.17) is 30.5 Å². The third-order valence-electron chi connectivity index (χ3n) is 6.36. The molecule has 12 nitrogen and oxygen atoms in total. The molecule has 4 heterocycles. The number of hydrogen-bond acceptors (Lipinski definition) is 10. The Bertz CT molecular complexity index is 1550. The van der Waals surface area contributed by atoms with Gasteiger partial charge in [0.1, 0.15) is 24.5 Å². The van der Waals surface area contributed by atoms with E-state index in [1.165, 1.54) is 20.4 Å². The number of hydrogen-bond donors (Lipinski definition) is 0. The summed E-state index contributed by atoms with van der Waals surface area (Å²) >= 11 is 6.14. The van der Waals surface area contributed by atoms with E-state index in [0.717, 1.165) is 12.1 Å². The van der Waals surface area contributed by atoms with E-state index in [9.17, 15) is 9.59 Å². The Kier molecular flexibility index (Phi) is 12.0. The van der Waals surface area contributed by atoms with Gasteiger partial charge in [0.25, 0.3) is 0 Å². The Hall–Kier alpha value is -3.18. The van der Waals surface area contributed by atoms with Gasteiger partial charge in [0.15, 0.2) is 11.3 Å². The van der Waals surface area contributed by atoms with E-state index >= 15 is 0 Å². The minimum Gasteiger partial charge on any atom is -0.465 e. The first-order valence-electron chi connectivity index (χ1n) is 13.9. The summed E-state index contributed by atoms with van der Waals surface area (Å²) in [6, 6.07) is 5.38. The molecule has 0 radical (unpaired) electrons. The molecular formula is C28H41ClN6O6Si2. The van der Waals surface area contributed by atoms with Crippen molar-refractivity contribution in [2.45, 2.75) is 64.8 Å². The van der Waals surface area contributed by atoms with Crippen LogP contribution in [-0.2, 0) is 32.4 Å². The van der Waals surface area contributed by atoms with Crippen LogP contribution in [0.15, 0.2) is 30.9 Å². The number of halogens is 1. The largest absolute Gasteiger partial charge is 0.465 e. The van der Waals surface area contributed by atoms with Gasteiger partial charge in [-0.2, -0.15) is 4.98 Å². The first-order chi connectivity index (χ1) is 20.3. The lowest BCUT2D eigenvalue weighted by atomic mass is 10.2. The predicted molar refractivity (Wildman–Crippen MR) is 171 cm³/mol. The molecule has 0 aliphatic carbocycles. The summed E-state index contributed by atoms with van der Waals surface area (Å²) in [7, 11) is 0.441. The highest BCUT2D eigenvalue weighted by molar-refractivity contribution is 6.76. The molecular weight excluding hydrogens is 608 g/mol. The second-order valence-electron chi connectivity index (χ2n) is 12.3. The molecule has 0 atom stereocenters. The third kappa shape index (κ3) is 9.66. The average Bonchev–Trinajstić information content (AvgIpc) is 3.51. The van der Waals surface area contributed by atoms with E-state index < -0.39 is 28.1 Å². The number of fused-ring (bicyclic) bond motifs is 2. The van der Waals surface area contributed by atoms with Gasteiger partial charge in [-0.25, -0.2) is 24.5 Å². The normalized spacial score (nSPS) is 11.8. The lowest BCUT2D eigenvalue weighted by Gasteiger charge is -2.16. The van der Waals surface area contributed by atoms with Crippen LogP contribution in [0.3, 0.4) is 0 Å². The van der Waals surface area contributed by atoms with Crippen molar-refractivity contribution >= 4 is 62.0 Å². The first kappa shape index (κ1) is 34.3. The molecule has 0 aliphatic rings. The van der Waals surface area contributed by atoms with Gasteiger partial charge in [0.2, 0.25) is 5.28 Å². The fourth-order valence-corrected chi connectivity index (χ4v) is 5.60. The number of aromatic nitrogens is 6. The lowest BCUT2D eigenvalue weighted by molar-refractivity contribution is 0.0591. The summed E-state index contributed by atoms with van der Waals surface area (Å²) in [5.41, 5.74) is 2.94. The minimum absolute atomic E-state index is 0.232. The number of pyridine rings is 2. The van der Waals surface area contributed by atoms with Gasteiger partial charge in [-0.05, 0) is 35.8 Å². The van der Waals surface area contributed by atoms with Gasteiger partial charge >= 0.3 is 11.9 Å². The molecule has 0 N–H and O–H groups in total. The van der Waals surface area contributed by atoms with Crippen LogP contribution in [-0.4, -0.2) is 84.6 Å². The van der Waals surface area contributed by atoms with E-state index in [0.29, 0.717) is 53.4 Å². The van der Waals surface area contributed by atoms with Crippen LogP contribution in [0.2, 0.25) is 56.7 Å². The predicted octanol–water partition coefficient (Wildman–Crippen LogP) is 5.71. The van der Waals surface area contributed by atoms with E-state index in [2.05, 4.69) is 59.2 Å². The van der Waals surface area contributed by atoms with Crippen LogP contribution >= 0.6 is 11.6 Å². The molecule has 0 aromatic carbocycles. The number of rotatable bonds is 12. The highest BCUT2D eigenvalue weighted by Crippen LogP contribution is 2.23. The van der Waals surface area contributed by atoms with E-state index in [1.807, 2.05) is 0 Å². The van der Waals surface area contributed by atoms with Gasteiger partial charge in [-0.3, -0.25) is 4.57 Å². The second-order valence-corrected chi connectivity index (χ2v) is 23.8. The van der Waals surface area contributed by atoms with Gasteiger partial charge in [0.05, 0.1) is 31.7 Å². The zero-order valence-electron chi connectivity index (χ0n) is 26.1. The topological polar surface area (TPSA) is 132 Å². The van der Waals surface area contributed by atoms with Crippen molar-refractivity contribution in [2.24, 2.45) is 0 Å². The number of esters is 2. The Morgan fingerprint density at radius 1 is 0.767 bits per heavy atom. The molecule has 0 saturated heterocycles. The molecule has 0 fully saturated rings. The van der Waals surface area contributed by atoms with Crippen molar-refractivity contribution in [3.63, 3.8) is 0 Å². The van der Waals surface area contributed by atoms with Crippen molar-refractivity contribution in [3.05, 3.63) is 47.3 Å². The molecule has 4 aromatic heterocycles. The number of carbonyl (C=O) groups excluding carboxylic acids is 2. The summed E-state index contributed by atoms with van der Waals surface area (Å²) in [4.78, 5) is 40.3. The van der Waals surface area contributed by atoms with Crippen molar-refractivity contribution in [1.29, 1.82) is 0 Å². The monoisotopic (exact) mass is 648 g/mol. The standard InChI is InChI=1S/C14H20ClN3O3Si.C14H21N3O3Si/c1-20-13(19)10-5-6-16-12-11(10)18(14(15)17-12)9-21-7-8-22(2,3)4;1-19-14(18)11-5-6-15-13-12(11)17(9-16-13)10-20-7-8-21(2,3)4/h5-6H,7-9H2,1-4H3;5-6,9H,7-8,10H2,1-4H3. The maximum Gasteiger partial charge on any atom is 0.340 e. The number of methoxy groups -OCH3 is 2. The lowest BCUT2D eigenvalue weighted by Crippen LogP contribution is -2.22. The third-order valence-corrected chi connectivity index (χ3v) is 10.1. The average molecular weight is 649 g/mol. The number of nitrogens with zero attached hydrogens (tertiary/aromatic N) is 6. The van der Waals surface area contributed by atoms with Gasteiger partial charge in [0, 0.05) is 41.8 Å². The molecule has 0 amide bonds. The van der Waals surface area contributed by atoms with Gasteiger partial charge in [-0.15, -0.1) is 0 Å². The summed E-state index contributed by atoms with van der Waals surface area (Å²) in [5.74, 6) is -0.849. The molecule has 43 heavy (non-hydrogen) atoms. The quantitative estimate of drug-likeness (QED) is 0.107. The zero-order chi connectivity index (χ0) is 31.8. The molecule has 0 spiro atoms. The number of carbonyl (C=O) groups is 2. The molecule has 15 heteroatoms. The molecule has 4 aromatic rings. The molecule has 234 valence electrons. The maximum absolute atomic E-state index is 11.9. The maximum atomic E-state index is 11.9. The fourth-order valence-electron chi connectivity index (χ4n) is 3.87. The van der Waals surface area contributed by atoms with Crippen LogP contribution in [0.5, 0.6) is 0 Å². The highest BCUT2D eigenvalue weighted by atomic mass is 35.5. The van der Waals surface area contributed by atoms with Crippen LogP contribution in [0, 0.1) is 0 Å². The zero-order valence-corrected chi connectivity index (χ0v) is 28.9. The first-order valence-corrected chi connectivity index (χ1v) is 21.7. The summed E-state index contributed by atoms with van der Waals surface area (Å²) in [5, 5.41) is 0.242. The molecule has 0 unspecified atom stereocenters. The molecule has 4 rings (SSSR count). The molecule has 0 bridgehead atoms. The van der Waals surface area contributed by atoms with Crippen LogP contribution < -0.4 is 0 Å². The van der Waals surface area contributed by atoms with Crippen molar-refractivity contribution < 1.29 is 28.5 Å². The van der Waals surface area contributed by atoms with Crippen LogP contribution in [0.4, 0.5) is 0 Å². The van der Waals surface area contributed by atoms with Gasteiger partial charge < -0.3 is 23.5 Å². The highest BCUT2D eigenvalue weighted by Gasteiger charge is 2.20. The molecule has 0 aliphatic heterocycles. The second kappa shape index (κ2) is 15.0. The van der Waals surface area contributed by atoms with Crippen molar-refractivity contribution in [2.75, 3.05) is 27.4 Å². The Labute approximate surface area is 258 Å². The van der Waals surface area contributed by atoms with Gasteiger partial charge in [-0.1, -0.05) is 39.3 Å². The Morgan fingerprint density at radius 3 is 1.81 bits per heavy atom. The van der Waals surface area contributed by atoms with E-state index in [-0.39, 0.29) is 12.0 Å². The van der Waals surface area contributed by atoms with E-state index in [1.54, 1.807) is 33.8 Å². The number of imidazole rings is 2. The SMILES string of the molecule is COC(=O)c1ccnc2nc(Cl)n(COCC[Si](C)(C)C)c12.COC(=O)c1ccnc2ncn(COCC[Si](C)(C)C)c12. The van der Waals surface area contributed by atoms with Crippen LogP contribution in [0.1, 0.15) is 20.7 Å². The summed E-state index contributed by atoms with van der Waals surface area (Å²) in [6.07, 6.45) is 4.70.